The molecule has 0 radical (unpaired) electrons. The molecular weight excluding hydrogens is 316 g/mol. The fraction of sp³-hybridized carbons (Fsp3) is 0.200. The molecule has 5 heteroatoms. The standard InChI is InChI=1S/C20H18N2O3/c1-13(23)22-9-8-14-11-17(6-7-18(14)22)21-20(24)16-10-15-4-2-3-5-19(15)25-12-16/h2-7,10-11H,8-9,12H2,1H3,(H,21,24). The molecule has 2 aliphatic heterocycles. The molecule has 1 N–H and O–H groups in total. The highest BCUT2D eigenvalue weighted by Crippen LogP contribution is 2.31. The maximum absolute atomic E-state index is 12.5. The molecule has 2 aromatic rings. The van der Waals surface area contributed by atoms with Crippen molar-refractivity contribution >= 4 is 29.3 Å². The highest BCUT2D eigenvalue weighted by molar-refractivity contribution is 6.07. The number of benzene rings is 2. The summed E-state index contributed by atoms with van der Waals surface area (Å²) in [6, 6.07) is 13.3. The minimum Gasteiger partial charge on any atom is -0.488 e. The summed E-state index contributed by atoms with van der Waals surface area (Å²) >= 11 is 0. The Balaban J connectivity index is 1.53. The molecule has 0 aliphatic carbocycles. The third-order valence-corrected chi connectivity index (χ3v) is 4.54. The van der Waals surface area contributed by atoms with Gasteiger partial charge < -0.3 is 15.0 Å². The third-order valence-electron chi connectivity index (χ3n) is 4.54. The molecule has 0 atom stereocenters. The number of nitrogens with one attached hydrogen (secondary N) is 1. The van der Waals surface area contributed by atoms with Crippen molar-refractivity contribution in [1.29, 1.82) is 0 Å². The molecule has 4 rings (SSSR count). The zero-order valence-corrected chi connectivity index (χ0v) is 13.9. The summed E-state index contributed by atoms with van der Waals surface area (Å²) in [4.78, 5) is 25.9. The van der Waals surface area contributed by atoms with Crippen LogP contribution in [-0.2, 0) is 16.0 Å². The summed E-state index contributed by atoms with van der Waals surface area (Å²) in [5.74, 6) is 0.662. The van der Waals surface area contributed by atoms with Crippen molar-refractivity contribution in [1.82, 2.24) is 0 Å². The lowest BCUT2D eigenvalue weighted by Crippen LogP contribution is -2.25. The van der Waals surface area contributed by atoms with Gasteiger partial charge in [0.15, 0.2) is 0 Å². The Morgan fingerprint density at radius 2 is 2.00 bits per heavy atom. The Hall–Kier alpha value is -3.08. The summed E-state index contributed by atoms with van der Waals surface area (Å²) in [5, 5.41) is 2.93. The molecule has 2 aliphatic rings. The lowest BCUT2D eigenvalue weighted by molar-refractivity contribution is -0.116. The first kappa shape index (κ1) is 15.4. The van der Waals surface area contributed by atoms with Gasteiger partial charge in [-0.15, -0.1) is 0 Å². The number of fused-ring (bicyclic) bond motifs is 2. The average Bonchev–Trinajstić information content (AvgIpc) is 3.04. The number of hydrogen-bond donors (Lipinski definition) is 1. The van der Waals surface area contributed by atoms with Crippen LogP contribution in [0.1, 0.15) is 18.1 Å². The van der Waals surface area contributed by atoms with Crippen LogP contribution in [0.4, 0.5) is 11.4 Å². The second-order valence-electron chi connectivity index (χ2n) is 6.21. The summed E-state index contributed by atoms with van der Waals surface area (Å²) in [6.45, 7) is 2.52. The predicted octanol–water partition coefficient (Wildman–Crippen LogP) is 3.01. The number of rotatable bonds is 2. The van der Waals surface area contributed by atoms with E-state index >= 15 is 0 Å². The number of amides is 2. The number of para-hydroxylation sites is 1. The minimum absolute atomic E-state index is 0.0405. The summed E-state index contributed by atoms with van der Waals surface area (Å²) in [6.07, 6.45) is 2.66. The molecule has 0 aromatic heterocycles. The molecule has 126 valence electrons. The number of ether oxygens (including phenoxy) is 1. The first-order valence-electron chi connectivity index (χ1n) is 8.26. The van der Waals surface area contributed by atoms with E-state index in [9.17, 15) is 9.59 Å². The lowest BCUT2D eigenvalue weighted by atomic mass is 10.1. The molecule has 0 saturated carbocycles. The molecule has 0 fully saturated rings. The summed E-state index contributed by atoms with van der Waals surface area (Å²) < 4.78 is 5.64. The molecule has 25 heavy (non-hydrogen) atoms. The Kier molecular flexibility index (Phi) is 3.76. The number of anilines is 2. The quantitative estimate of drug-likeness (QED) is 0.918. The van der Waals surface area contributed by atoms with Crippen molar-refractivity contribution < 1.29 is 14.3 Å². The number of carbonyl (C=O) groups excluding carboxylic acids is 2. The van der Waals surface area contributed by atoms with Crippen LogP contribution in [0.25, 0.3) is 6.08 Å². The van der Waals surface area contributed by atoms with Crippen LogP contribution in [0.15, 0.2) is 48.0 Å². The van der Waals surface area contributed by atoms with Crippen LogP contribution in [0, 0.1) is 0 Å². The van der Waals surface area contributed by atoms with Crippen molar-refractivity contribution in [3.8, 4) is 5.75 Å². The van der Waals surface area contributed by atoms with Gasteiger partial charge in [0.2, 0.25) is 5.91 Å². The summed E-state index contributed by atoms with van der Waals surface area (Å²) in [5.41, 5.74) is 4.23. The van der Waals surface area contributed by atoms with Gasteiger partial charge in [0.25, 0.3) is 5.91 Å². The highest BCUT2D eigenvalue weighted by Gasteiger charge is 2.23. The number of carbonyl (C=O) groups is 2. The molecule has 2 amide bonds. The third kappa shape index (κ3) is 2.89. The summed E-state index contributed by atoms with van der Waals surface area (Å²) in [7, 11) is 0. The van der Waals surface area contributed by atoms with Gasteiger partial charge in [-0.3, -0.25) is 9.59 Å². The molecular formula is C20H18N2O3. The Morgan fingerprint density at radius 1 is 1.16 bits per heavy atom. The molecule has 5 nitrogen and oxygen atoms in total. The van der Waals surface area contributed by atoms with E-state index < -0.39 is 0 Å². The van der Waals surface area contributed by atoms with E-state index in [1.807, 2.05) is 48.5 Å². The zero-order valence-electron chi connectivity index (χ0n) is 13.9. The first-order valence-corrected chi connectivity index (χ1v) is 8.26. The smallest absolute Gasteiger partial charge is 0.255 e. The number of hydrogen-bond acceptors (Lipinski definition) is 3. The van der Waals surface area contributed by atoms with Crippen LogP contribution in [0.2, 0.25) is 0 Å². The van der Waals surface area contributed by atoms with Gasteiger partial charge >= 0.3 is 0 Å². The largest absolute Gasteiger partial charge is 0.488 e. The fourth-order valence-electron chi connectivity index (χ4n) is 3.27. The van der Waals surface area contributed by atoms with Gasteiger partial charge in [-0.1, -0.05) is 18.2 Å². The first-order chi connectivity index (χ1) is 12.1. The van der Waals surface area contributed by atoms with Crippen LogP contribution in [-0.4, -0.2) is 25.0 Å². The van der Waals surface area contributed by atoms with Crippen molar-refractivity contribution in [2.24, 2.45) is 0 Å². The Labute approximate surface area is 145 Å². The van der Waals surface area contributed by atoms with Gasteiger partial charge in [0, 0.05) is 30.4 Å². The van der Waals surface area contributed by atoms with E-state index in [1.54, 1.807) is 11.8 Å². The second kappa shape index (κ2) is 6.09. The van der Waals surface area contributed by atoms with E-state index in [-0.39, 0.29) is 18.4 Å². The van der Waals surface area contributed by atoms with E-state index in [4.69, 9.17) is 4.74 Å². The molecule has 2 heterocycles. The van der Waals surface area contributed by atoms with E-state index in [1.165, 1.54) is 0 Å². The molecule has 0 spiro atoms. The van der Waals surface area contributed by atoms with Crippen LogP contribution >= 0.6 is 0 Å². The molecule has 0 bridgehead atoms. The van der Waals surface area contributed by atoms with Crippen molar-refractivity contribution in [3.05, 3.63) is 59.2 Å². The normalized spacial score (nSPS) is 14.9. The topological polar surface area (TPSA) is 58.6 Å². The van der Waals surface area contributed by atoms with Crippen molar-refractivity contribution in [2.75, 3.05) is 23.4 Å². The monoisotopic (exact) mass is 334 g/mol. The van der Waals surface area contributed by atoms with Gasteiger partial charge in [0.1, 0.15) is 12.4 Å². The highest BCUT2D eigenvalue weighted by atomic mass is 16.5. The maximum Gasteiger partial charge on any atom is 0.255 e. The van der Waals surface area contributed by atoms with Crippen molar-refractivity contribution in [2.45, 2.75) is 13.3 Å². The fourth-order valence-corrected chi connectivity index (χ4v) is 3.27. The zero-order chi connectivity index (χ0) is 17.4. The maximum atomic E-state index is 12.5. The molecule has 2 aromatic carbocycles. The average molecular weight is 334 g/mol. The van der Waals surface area contributed by atoms with E-state index in [0.29, 0.717) is 12.1 Å². The Morgan fingerprint density at radius 3 is 2.84 bits per heavy atom. The molecule has 0 unspecified atom stereocenters. The second-order valence-corrected chi connectivity index (χ2v) is 6.21. The minimum atomic E-state index is -0.170. The van der Waals surface area contributed by atoms with E-state index in [0.717, 1.165) is 34.7 Å². The van der Waals surface area contributed by atoms with Gasteiger partial charge in [0.05, 0.1) is 5.57 Å². The predicted molar refractivity (Wildman–Crippen MR) is 96.7 cm³/mol. The SMILES string of the molecule is CC(=O)N1CCc2cc(NC(=O)C3=Cc4ccccc4OC3)ccc21. The van der Waals surface area contributed by atoms with Gasteiger partial charge in [-0.25, -0.2) is 0 Å². The van der Waals surface area contributed by atoms with Crippen molar-refractivity contribution in [3.63, 3.8) is 0 Å². The molecule has 0 saturated heterocycles. The van der Waals surface area contributed by atoms with Crippen LogP contribution in [0.3, 0.4) is 0 Å². The Bertz CT molecular complexity index is 902. The van der Waals surface area contributed by atoms with E-state index in [2.05, 4.69) is 5.32 Å². The lowest BCUT2D eigenvalue weighted by Gasteiger charge is -2.18. The van der Waals surface area contributed by atoms with Gasteiger partial charge in [-0.05, 0) is 42.3 Å². The van der Waals surface area contributed by atoms with Crippen LogP contribution in [0.5, 0.6) is 5.75 Å². The van der Waals surface area contributed by atoms with Gasteiger partial charge in [-0.2, -0.15) is 0 Å². The van der Waals surface area contributed by atoms with Crippen LogP contribution < -0.4 is 15.0 Å². The number of nitrogens with zero attached hydrogens (tertiary/aromatic N) is 1.